The number of hydrogen-bond donors (Lipinski definition) is 1. The summed E-state index contributed by atoms with van der Waals surface area (Å²) in [6, 6.07) is 8.27. The van der Waals surface area contributed by atoms with Crippen LogP contribution >= 0.6 is 0 Å². The van der Waals surface area contributed by atoms with E-state index in [0.29, 0.717) is 6.54 Å². The van der Waals surface area contributed by atoms with Crippen molar-refractivity contribution in [3.8, 4) is 5.75 Å². The molecule has 0 aliphatic rings. The molecule has 0 spiro atoms. The van der Waals surface area contributed by atoms with E-state index in [1.165, 1.54) is 5.56 Å². The molecule has 0 fully saturated rings. The van der Waals surface area contributed by atoms with Crippen molar-refractivity contribution in [1.29, 1.82) is 0 Å². The molecule has 1 aromatic rings. The maximum atomic E-state index is 5.74. The van der Waals surface area contributed by atoms with Crippen LogP contribution in [0.15, 0.2) is 24.3 Å². The molecule has 0 aliphatic carbocycles. The zero-order valence-corrected chi connectivity index (χ0v) is 10.6. The van der Waals surface area contributed by atoms with Gasteiger partial charge >= 0.3 is 0 Å². The van der Waals surface area contributed by atoms with E-state index in [-0.39, 0.29) is 5.41 Å². The van der Waals surface area contributed by atoms with Gasteiger partial charge in [-0.25, -0.2) is 0 Å². The summed E-state index contributed by atoms with van der Waals surface area (Å²) in [6.45, 7) is 7.93. The number of unbranched alkanes of at least 4 members (excludes halogenated alkanes) is 1. The van der Waals surface area contributed by atoms with Gasteiger partial charge in [-0.05, 0) is 24.1 Å². The Morgan fingerprint density at radius 1 is 1.19 bits per heavy atom. The lowest BCUT2D eigenvalue weighted by atomic mass is 9.85. The van der Waals surface area contributed by atoms with Crippen LogP contribution in [-0.4, -0.2) is 13.2 Å². The topological polar surface area (TPSA) is 35.2 Å². The summed E-state index contributed by atoms with van der Waals surface area (Å²) in [7, 11) is 0. The van der Waals surface area contributed by atoms with Gasteiger partial charge in [-0.15, -0.1) is 0 Å². The molecule has 0 heterocycles. The molecule has 90 valence electrons. The fraction of sp³-hybridized carbons (Fsp3) is 0.571. The van der Waals surface area contributed by atoms with E-state index in [0.717, 1.165) is 25.2 Å². The van der Waals surface area contributed by atoms with Crippen LogP contribution in [-0.2, 0) is 5.41 Å². The average molecular weight is 221 g/mol. The molecule has 0 saturated heterocycles. The smallest absolute Gasteiger partial charge is 0.119 e. The molecule has 2 N–H and O–H groups in total. The third-order valence-corrected chi connectivity index (χ3v) is 2.91. The monoisotopic (exact) mass is 221 g/mol. The summed E-state index contributed by atoms with van der Waals surface area (Å²) >= 11 is 0. The van der Waals surface area contributed by atoms with Gasteiger partial charge in [0.15, 0.2) is 0 Å². The SMILES string of the molecule is CCCCOc1ccc(C(C)(C)CN)cc1. The minimum Gasteiger partial charge on any atom is -0.494 e. The van der Waals surface area contributed by atoms with Crippen LogP contribution in [0.3, 0.4) is 0 Å². The molecule has 2 heteroatoms. The summed E-state index contributed by atoms with van der Waals surface area (Å²) in [5, 5.41) is 0. The van der Waals surface area contributed by atoms with Crippen LogP contribution in [0.1, 0.15) is 39.2 Å². The van der Waals surface area contributed by atoms with Crippen LogP contribution in [0.25, 0.3) is 0 Å². The first kappa shape index (κ1) is 13.0. The molecule has 0 amide bonds. The fourth-order valence-electron chi connectivity index (χ4n) is 1.45. The average Bonchev–Trinajstić information content (AvgIpc) is 2.30. The molecule has 2 nitrogen and oxygen atoms in total. The van der Waals surface area contributed by atoms with Gasteiger partial charge in [-0.3, -0.25) is 0 Å². The lowest BCUT2D eigenvalue weighted by Gasteiger charge is -2.23. The Hall–Kier alpha value is -1.02. The number of ether oxygens (including phenoxy) is 1. The van der Waals surface area contributed by atoms with Gasteiger partial charge in [0.25, 0.3) is 0 Å². The van der Waals surface area contributed by atoms with Crippen molar-refractivity contribution >= 4 is 0 Å². The summed E-state index contributed by atoms with van der Waals surface area (Å²) in [6.07, 6.45) is 2.27. The molecule has 0 aliphatic heterocycles. The van der Waals surface area contributed by atoms with Crippen molar-refractivity contribution in [2.75, 3.05) is 13.2 Å². The van der Waals surface area contributed by atoms with Gasteiger partial charge in [0.05, 0.1) is 6.61 Å². The van der Waals surface area contributed by atoms with Gasteiger partial charge in [0, 0.05) is 12.0 Å². The van der Waals surface area contributed by atoms with E-state index in [1.54, 1.807) is 0 Å². The molecule has 16 heavy (non-hydrogen) atoms. The Bertz CT molecular complexity index is 303. The van der Waals surface area contributed by atoms with E-state index in [9.17, 15) is 0 Å². The Morgan fingerprint density at radius 2 is 1.81 bits per heavy atom. The molecule has 0 saturated carbocycles. The molecule has 0 atom stereocenters. The third kappa shape index (κ3) is 3.53. The molecule has 0 bridgehead atoms. The van der Waals surface area contributed by atoms with Crippen LogP contribution in [0.4, 0.5) is 0 Å². The Kier molecular flexibility index (Phi) is 4.81. The molecule has 0 radical (unpaired) electrons. The maximum absolute atomic E-state index is 5.74. The predicted molar refractivity (Wildman–Crippen MR) is 68.9 cm³/mol. The van der Waals surface area contributed by atoms with Crippen LogP contribution < -0.4 is 10.5 Å². The van der Waals surface area contributed by atoms with Crippen molar-refractivity contribution in [2.24, 2.45) is 5.73 Å². The summed E-state index contributed by atoms with van der Waals surface area (Å²) in [4.78, 5) is 0. The normalized spacial score (nSPS) is 11.5. The first-order chi connectivity index (χ1) is 7.60. The van der Waals surface area contributed by atoms with Gasteiger partial charge in [-0.2, -0.15) is 0 Å². The van der Waals surface area contributed by atoms with E-state index in [2.05, 4.69) is 32.9 Å². The lowest BCUT2D eigenvalue weighted by Crippen LogP contribution is -2.27. The maximum Gasteiger partial charge on any atom is 0.119 e. The summed E-state index contributed by atoms with van der Waals surface area (Å²) in [5.41, 5.74) is 7.05. The van der Waals surface area contributed by atoms with E-state index in [4.69, 9.17) is 10.5 Å². The largest absolute Gasteiger partial charge is 0.494 e. The summed E-state index contributed by atoms with van der Waals surface area (Å²) < 4.78 is 5.62. The van der Waals surface area contributed by atoms with Crippen molar-refractivity contribution in [1.82, 2.24) is 0 Å². The molecule has 1 rings (SSSR count). The van der Waals surface area contributed by atoms with Crippen molar-refractivity contribution in [3.63, 3.8) is 0 Å². The highest BCUT2D eigenvalue weighted by Gasteiger charge is 2.17. The van der Waals surface area contributed by atoms with Crippen LogP contribution in [0, 0.1) is 0 Å². The van der Waals surface area contributed by atoms with Crippen molar-refractivity contribution in [3.05, 3.63) is 29.8 Å². The highest BCUT2D eigenvalue weighted by atomic mass is 16.5. The molecule has 0 unspecified atom stereocenters. The highest BCUT2D eigenvalue weighted by molar-refractivity contribution is 5.31. The minimum absolute atomic E-state index is 0.0436. The first-order valence-corrected chi connectivity index (χ1v) is 6.03. The fourth-order valence-corrected chi connectivity index (χ4v) is 1.45. The number of hydrogen-bond acceptors (Lipinski definition) is 2. The van der Waals surface area contributed by atoms with Gasteiger partial charge in [-0.1, -0.05) is 39.3 Å². The second-order valence-electron chi connectivity index (χ2n) is 4.81. The quantitative estimate of drug-likeness (QED) is 0.749. The summed E-state index contributed by atoms with van der Waals surface area (Å²) in [5.74, 6) is 0.949. The zero-order chi connectivity index (χ0) is 12.0. The molecular formula is C14H23NO. The Morgan fingerprint density at radius 3 is 2.31 bits per heavy atom. The highest BCUT2D eigenvalue weighted by Crippen LogP contribution is 2.24. The Labute approximate surface area is 98.8 Å². The van der Waals surface area contributed by atoms with Gasteiger partial charge in [0.1, 0.15) is 5.75 Å². The standard InChI is InChI=1S/C14H23NO/c1-4-5-10-16-13-8-6-12(7-9-13)14(2,3)11-15/h6-9H,4-5,10-11,15H2,1-3H3. The van der Waals surface area contributed by atoms with Crippen molar-refractivity contribution in [2.45, 2.75) is 39.0 Å². The van der Waals surface area contributed by atoms with Crippen LogP contribution in [0.2, 0.25) is 0 Å². The predicted octanol–water partition coefficient (Wildman–Crippen LogP) is 3.10. The van der Waals surface area contributed by atoms with Crippen LogP contribution in [0.5, 0.6) is 5.75 Å². The van der Waals surface area contributed by atoms with E-state index in [1.807, 2.05) is 12.1 Å². The molecule has 1 aromatic carbocycles. The van der Waals surface area contributed by atoms with Gasteiger partial charge in [0.2, 0.25) is 0 Å². The number of nitrogens with two attached hydrogens (primary N) is 1. The number of benzene rings is 1. The Balaban J connectivity index is 2.61. The van der Waals surface area contributed by atoms with Gasteiger partial charge < -0.3 is 10.5 Å². The minimum atomic E-state index is 0.0436. The van der Waals surface area contributed by atoms with E-state index >= 15 is 0 Å². The van der Waals surface area contributed by atoms with E-state index < -0.39 is 0 Å². The number of rotatable bonds is 6. The molecular weight excluding hydrogens is 198 g/mol. The van der Waals surface area contributed by atoms with Crippen molar-refractivity contribution < 1.29 is 4.74 Å². The second kappa shape index (κ2) is 5.90. The second-order valence-corrected chi connectivity index (χ2v) is 4.81. The zero-order valence-electron chi connectivity index (χ0n) is 10.6. The molecule has 0 aromatic heterocycles. The third-order valence-electron chi connectivity index (χ3n) is 2.91. The lowest BCUT2D eigenvalue weighted by molar-refractivity contribution is 0.309. The first-order valence-electron chi connectivity index (χ1n) is 6.03.